The van der Waals surface area contributed by atoms with Crippen molar-refractivity contribution in [2.75, 3.05) is 18.8 Å². The molecule has 0 atom stereocenters. The van der Waals surface area contributed by atoms with Crippen LogP contribution in [0.3, 0.4) is 0 Å². The topological polar surface area (TPSA) is 38.0 Å². The third-order valence-corrected chi connectivity index (χ3v) is 2.91. The van der Waals surface area contributed by atoms with Crippen molar-refractivity contribution in [1.29, 1.82) is 0 Å². The Hall–Kier alpha value is 0.900. The van der Waals surface area contributed by atoms with E-state index in [1.165, 1.54) is 11.8 Å². The van der Waals surface area contributed by atoms with Crippen LogP contribution in [0, 0.1) is 0 Å². The highest BCUT2D eigenvalue weighted by Crippen LogP contribution is 2.09. The maximum Gasteiger partial charge on any atom is 0.147 e. The minimum absolute atomic E-state index is 0.620. The zero-order valence-electron chi connectivity index (χ0n) is 6.21. The van der Waals surface area contributed by atoms with E-state index < -0.39 is 0 Å². The number of rotatable bonds is 1. The summed E-state index contributed by atoms with van der Waals surface area (Å²) in [6.07, 6.45) is 5.98. The van der Waals surface area contributed by atoms with E-state index in [9.17, 15) is 0 Å². The van der Waals surface area contributed by atoms with Gasteiger partial charge in [0.05, 0.1) is 0 Å². The van der Waals surface area contributed by atoms with Crippen LogP contribution in [0.5, 0.6) is 0 Å². The summed E-state index contributed by atoms with van der Waals surface area (Å²) < 4.78 is 0.620. The number of thiocarbonyl (C=S) groups is 1. The molecule has 0 saturated carbocycles. The Bertz CT molecular complexity index is 69.7. The lowest BCUT2D eigenvalue weighted by atomic mass is 11.5. The molecule has 0 aromatic heterocycles. The lowest BCUT2D eigenvalue weighted by molar-refractivity contribution is 1.07. The molecule has 0 bridgehead atoms. The van der Waals surface area contributed by atoms with Gasteiger partial charge in [-0.1, -0.05) is 45.6 Å². The molecule has 2 nitrogen and oxygen atoms in total. The second kappa shape index (κ2) is 12.6. The number of hydrazine groups is 1. The van der Waals surface area contributed by atoms with Crippen LogP contribution in [0.4, 0.5) is 0 Å². The first-order valence-corrected chi connectivity index (χ1v) is 6.94. The molecule has 62 valence electrons. The molecule has 0 aromatic rings. The molecule has 0 fully saturated rings. The van der Waals surface area contributed by atoms with Crippen molar-refractivity contribution < 1.29 is 0 Å². The van der Waals surface area contributed by atoms with Gasteiger partial charge in [-0.3, -0.25) is 0 Å². The molecule has 10 heavy (non-hydrogen) atoms. The standard InChI is InChI=1S/C2H6N2S2.C2H6S2/c1-6-2(5)4-3;1-3-4-2/h3H2,1H3,(H,4,5);1-2H3. The van der Waals surface area contributed by atoms with Gasteiger partial charge in [-0.25, -0.2) is 5.84 Å². The van der Waals surface area contributed by atoms with Crippen molar-refractivity contribution in [3.05, 3.63) is 0 Å². The van der Waals surface area contributed by atoms with Gasteiger partial charge in [0, 0.05) is 0 Å². The van der Waals surface area contributed by atoms with E-state index in [1.54, 1.807) is 21.6 Å². The zero-order chi connectivity index (χ0) is 8.41. The highest BCUT2D eigenvalue weighted by molar-refractivity contribution is 8.76. The zero-order valence-corrected chi connectivity index (χ0v) is 9.48. The highest BCUT2D eigenvalue weighted by Gasteiger charge is 1.79. The van der Waals surface area contributed by atoms with Crippen LogP contribution in [0.25, 0.3) is 0 Å². The third-order valence-electron chi connectivity index (χ3n) is 0.470. The molecule has 6 heteroatoms. The van der Waals surface area contributed by atoms with Crippen LogP contribution in [0.15, 0.2) is 0 Å². The second-order valence-electron chi connectivity index (χ2n) is 0.969. The monoisotopic (exact) mass is 216 g/mol. The van der Waals surface area contributed by atoms with E-state index >= 15 is 0 Å². The Labute approximate surface area is 79.8 Å². The maximum atomic E-state index is 4.87. The predicted molar refractivity (Wildman–Crippen MR) is 60.5 cm³/mol. The Balaban J connectivity index is 0. The van der Waals surface area contributed by atoms with Crippen molar-refractivity contribution in [1.82, 2.24) is 5.43 Å². The molecule has 0 heterocycles. The van der Waals surface area contributed by atoms with Crippen molar-refractivity contribution in [3.63, 3.8) is 0 Å². The Kier molecular flexibility index (Phi) is 16.9. The fraction of sp³-hybridized carbons (Fsp3) is 0.750. The van der Waals surface area contributed by atoms with Crippen LogP contribution in [0.1, 0.15) is 0 Å². The van der Waals surface area contributed by atoms with Gasteiger partial charge in [-0.15, -0.1) is 0 Å². The number of hydrogen-bond acceptors (Lipinski definition) is 5. The normalized spacial score (nSPS) is 7.60. The van der Waals surface area contributed by atoms with Crippen LogP contribution in [-0.4, -0.2) is 23.1 Å². The lowest BCUT2D eigenvalue weighted by Crippen LogP contribution is -2.25. The number of nitrogens with one attached hydrogen (secondary N) is 1. The average Bonchev–Trinajstić information content (AvgIpc) is 2.03. The Morgan fingerprint density at radius 1 is 1.30 bits per heavy atom. The molecule has 0 aromatic carbocycles. The molecule has 0 aliphatic heterocycles. The summed E-state index contributed by atoms with van der Waals surface area (Å²) in [4.78, 5) is 0. The van der Waals surface area contributed by atoms with Gasteiger partial charge >= 0.3 is 0 Å². The number of thioether (sulfide) groups is 1. The second-order valence-corrected chi connectivity index (χ2v) is 5.12. The Morgan fingerprint density at radius 3 is 1.70 bits per heavy atom. The first kappa shape index (κ1) is 13.5. The van der Waals surface area contributed by atoms with E-state index in [2.05, 4.69) is 30.2 Å². The largest absolute Gasteiger partial charge is 0.309 e. The average molecular weight is 216 g/mol. The molecule has 0 aliphatic rings. The minimum Gasteiger partial charge on any atom is -0.309 e. The predicted octanol–water partition coefficient (Wildman–Crippen LogP) is 1.72. The van der Waals surface area contributed by atoms with Gasteiger partial charge in [-0.2, -0.15) is 0 Å². The van der Waals surface area contributed by atoms with Gasteiger partial charge < -0.3 is 5.43 Å². The summed E-state index contributed by atoms with van der Waals surface area (Å²) in [6.45, 7) is 0. The number of hydrogen-bond donors (Lipinski definition) is 2. The van der Waals surface area contributed by atoms with Crippen molar-refractivity contribution in [2.24, 2.45) is 5.84 Å². The van der Waals surface area contributed by atoms with E-state index in [-0.39, 0.29) is 0 Å². The van der Waals surface area contributed by atoms with E-state index in [4.69, 9.17) is 5.84 Å². The van der Waals surface area contributed by atoms with E-state index in [1.807, 2.05) is 6.26 Å². The van der Waals surface area contributed by atoms with E-state index in [0.717, 1.165) is 0 Å². The van der Waals surface area contributed by atoms with Crippen LogP contribution < -0.4 is 11.3 Å². The molecule has 0 aliphatic carbocycles. The van der Waals surface area contributed by atoms with Crippen molar-refractivity contribution >= 4 is 49.9 Å². The molecule has 0 spiro atoms. The molecule has 0 unspecified atom stereocenters. The molecular formula is C4H12N2S4. The van der Waals surface area contributed by atoms with Crippen molar-refractivity contribution in [2.45, 2.75) is 0 Å². The minimum atomic E-state index is 0.620. The molecule has 0 saturated heterocycles. The summed E-state index contributed by atoms with van der Waals surface area (Å²) in [5, 5.41) is 0. The fourth-order valence-electron chi connectivity index (χ4n) is 0.0589. The molecular weight excluding hydrogens is 204 g/mol. The maximum absolute atomic E-state index is 4.87. The first-order chi connectivity index (χ1) is 4.72. The van der Waals surface area contributed by atoms with Gasteiger partial charge in [0.1, 0.15) is 4.32 Å². The Morgan fingerprint density at radius 2 is 1.70 bits per heavy atom. The molecule has 0 rings (SSSR count). The summed E-state index contributed by atoms with van der Waals surface area (Å²) >= 11 is 6.00. The quantitative estimate of drug-likeness (QED) is 0.301. The number of nitrogens with two attached hydrogens (primary N) is 1. The van der Waals surface area contributed by atoms with Gasteiger partial charge in [-0.05, 0) is 18.8 Å². The van der Waals surface area contributed by atoms with Crippen LogP contribution >= 0.6 is 45.6 Å². The summed E-state index contributed by atoms with van der Waals surface area (Å²) in [7, 11) is 3.55. The summed E-state index contributed by atoms with van der Waals surface area (Å²) in [5.41, 5.74) is 2.31. The van der Waals surface area contributed by atoms with Gasteiger partial charge in [0.15, 0.2) is 0 Å². The SMILES string of the molecule is CSC(=S)NN.CSSC. The molecule has 0 radical (unpaired) electrons. The smallest absolute Gasteiger partial charge is 0.147 e. The molecule has 0 amide bonds. The fourth-order valence-corrected chi connectivity index (χ4v) is 0.177. The third kappa shape index (κ3) is 16.0. The first-order valence-electron chi connectivity index (χ1n) is 2.34. The summed E-state index contributed by atoms with van der Waals surface area (Å²) in [5.74, 6) is 4.87. The van der Waals surface area contributed by atoms with Crippen LogP contribution in [0.2, 0.25) is 0 Å². The lowest BCUT2D eigenvalue weighted by Gasteiger charge is -1.91. The summed E-state index contributed by atoms with van der Waals surface area (Å²) in [6, 6.07) is 0. The highest BCUT2D eigenvalue weighted by atomic mass is 33.1. The van der Waals surface area contributed by atoms with Gasteiger partial charge in [0.2, 0.25) is 0 Å². The van der Waals surface area contributed by atoms with E-state index in [0.29, 0.717) is 4.32 Å². The van der Waals surface area contributed by atoms with Crippen molar-refractivity contribution in [3.8, 4) is 0 Å². The molecule has 3 N–H and O–H groups in total. The van der Waals surface area contributed by atoms with Crippen LogP contribution in [-0.2, 0) is 0 Å². The van der Waals surface area contributed by atoms with Gasteiger partial charge in [0.25, 0.3) is 0 Å².